The molecule has 0 bridgehead atoms. The second-order valence-electron chi connectivity index (χ2n) is 14.0. The first kappa shape index (κ1) is 36.8. The van der Waals surface area contributed by atoms with Crippen LogP contribution < -0.4 is 5.32 Å². The summed E-state index contributed by atoms with van der Waals surface area (Å²) in [6.07, 6.45) is 5.35. The van der Waals surface area contributed by atoms with Gasteiger partial charge in [-0.1, -0.05) is 35.9 Å². The number of rotatable bonds is 14. The van der Waals surface area contributed by atoms with E-state index in [2.05, 4.69) is 33.9 Å². The number of nitrogens with zero attached hydrogens (tertiary/aromatic N) is 5. The monoisotopic (exact) mass is 754 g/mol. The van der Waals surface area contributed by atoms with Crippen LogP contribution in [0.15, 0.2) is 47.5 Å². The fraction of sp³-hybridized carbons (Fsp3) is 0.425. The maximum Gasteiger partial charge on any atom is 0.255 e. The van der Waals surface area contributed by atoms with Gasteiger partial charge in [-0.25, -0.2) is 0 Å². The molecular formula is C40H43ClN6O5S. The molecule has 2 aromatic carbocycles. The molecule has 11 nitrogen and oxygen atoms in total. The number of ketones is 1. The van der Waals surface area contributed by atoms with Crippen LogP contribution in [0.25, 0.3) is 5.00 Å². The summed E-state index contributed by atoms with van der Waals surface area (Å²) in [5.74, 6) is 0.744. The van der Waals surface area contributed by atoms with E-state index in [4.69, 9.17) is 21.3 Å². The van der Waals surface area contributed by atoms with Crippen molar-refractivity contribution in [2.24, 2.45) is 4.99 Å². The minimum Gasteiger partial charge on any atom is -0.381 e. The largest absolute Gasteiger partial charge is 0.381 e. The van der Waals surface area contributed by atoms with E-state index in [0.29, 0.717) is 49.0 Å². The number of unbranched alkanes of at least 4 members (excludes halogenated alkanes) is 2. The molecule has 0 spiro atoms. The van der Waals surface area contributed by atoms with Gasteiger partial charge in [0.1, 0.15) is 28.7 Å². The molecule has 0 radical (unpaired) electrons. The van der Waals surface area contributed by atoms with Gasteiger partial charge in [-0.2, -0.15) is 0 Å². The van der Waals surface area contributed by atoms with Crippen molar-refractivity contribution in [3.63, 3.8) is 0 Å². The molecule has 1 saturated heterocycles. The molecule has 4 aromatic rings. The molecule has 3 aliphatic heterocycles. The van der Waals surface area contributed by atoms with Gasteiger partial charge in [0.15, 0.2) is 5.82 Å². The Morgan fingerprint density at radius 3 is 2.55 bits per heavy atom. The van der Waals surface area contributed by atoms with E-state index < -0.39 is 18.0 Å². The number of benzene rings is 2. The number of hydrogen-bond acceptors (Lipinski definition) is 9. The number of aromatic nitrogens is 3. The Labute approximate surface area is 317 Å². The smallest absolute Gasteiger partial charge is 0.255 e. The number of ether oxygens (including phenoxy) is 1. The van der Waals surface area contributed by atoms with Crippen LogP contribution >= 0.6 is 22.9 Å². The molecule has 13 heteroatoms. The second-order valence-corrected chi connectivity index (χ2v) is 15.7. The van der Waals surface area contributed by atoms with Crippen molar-refractivity contribution >= 4 is 52.2 Å². The van der Waals surface area contributed by atoms with Gasteiger partial charge in [-0.15, -0.1) is 21.5 Å². The predicted octanol–water partition coefficient (Wildman–Crippen LogP) is 6.73. The number of amides is 3. The molecule has 1 unspecified atom stereocenters. The van der Waals surface area contributed by atoms with Gasteiger partial charge in [0.25, 0.3) is 5.91 Å². The summed E-state index contributed by atoms with van der Waals surface area (Å²) in [6, 6.07) is 12.4. The number of thiophene rings is 1. The lowest BCUT2D eigenvalue weighted by atomic mass is 9.99. The molecule has 2 atom stereocenters. The summed E-state index contributed by atoms with van der Waals surface area (Å²) in [5.41, 5.74) is 6.71. The molecule has 53 heavy (non-hydrogen) atoms. The zero-order valence-electron chi connectivity index (χ0n) is 30.2. The topological polar surface area (TPSA) is 136 Å². The fourth-order valence-electron chi connectivity index (χ4n) is 7.48. The van der Waals surface area contributed by atoms with Crippen LogP contribution in [-0.4, -0.2) is 68.1 Å². The molecule has 0 aliphatic carbocycles. The average Bonchev–Trinajstić information content (AvgIpc) is 3.75. The number of imide groups is 1. The third-order valence-corrected chi connectivity index (χ3v) is 11.9. The maximum atomic E-state index is 13.4. The van der Waals surface area contributed by atoms with Crippen LogP contribution in [0.2, 0.25) is 5.02 Å². The Kier molecular flexibility index (Phi) is 11.0. The van der Waals surface area contributed by atoms with Gasteiger partial charge in [-0.05, 0) is 94.2 Å². The quantitative estimate of drug-likeness (QED) is 0.111. The number of fused-ring (bicyclic) bond motifs is 4. The Morgan fingerprint density at radius 1 is 1.00 bits per heavy atom. The van der Waals surface area contributed by atoms with Gasteiger partial charge in [0.05, 0.1) is 5.71 Å². The third kappa shape index (κ3) is 7.63. The Balaban J connectivity index is 0.880. The lowest BCUT2D eigenvalue weighted by molar-refractivity contribution is -0.137. The number of carbonyl (C=O) groups is 4. The summed E-state index contributed by atoms with van der Waals surface area (Å²) in [5, 5.41) is 12.9. The lowest BCUT2D eigenvalue weighted by Gasteiger charge is -2.29. The van der Waals surface area contributed by atoms with Crippen molar-refractivity contribution in [3.8, 4) is 5.00 Å². The number of hydrogen-bond donors (Lipinski definition) is 1. The zero-order valence-corrected chi connectivity index (χ0v) is 31.8. The molecule has 5 heterocycles. The normalized spacial score (nSPS) is 18.0. The average molecular weight is 755 g/mol. The number of nitrogens with one attached hydrogen (secondary N) is 1. The van der Waals surface area contributed by atoms with Crippen LogP contribution in [-0.2, 0) is 32.1 Å². The zero-order chi connectivity index (χ0) is 37.2. The highest BCUT2D eigenvalue weighted by Crippen LogP contribution is 2.40. The van der Waals surface area contributed by atoms with Gasteiger partial charge >= 0.3 is 0 Å². The van der Waals surface area contributed by atoms with Crippen molar-refractivity contribution in [3.05, 3.63) is 97.4 Å². The van der Waals surface area contributed by atoms with E-state index in [0.717, 1.165) is 76.5 Å². The molecular weight excluding hydrogens is 712 g/mol. The molecule has 1 fully saturated rings. The van der Waals surface area contributed by atoms with E-state index in [1.54, 1.807) is 16.2 Å². The highest BCUT2D eigenvalue weighted by atomic mass is 35.5. The standard InChI is InChI=1S/C40H43ClN6O5S/c1-23-24(2)53-40-35(23)36(27-13-15-28(41)16-14-27)42-32(37-45-44-25(3)47(37)40)21-29(48)11-5-7-20-52-19-6-4-9-26-10-8-12-30-31(26)22-46(39(30)51)33-17-18-34(49)43-38(33)50/h8,10,12-16,32-33H,4-7,9,11,17-22H2,1-3H3,(H,43,49,50)/t32-,33?/m0/s1. The van der Waals surface area contributed by atoms with E-state index in [9.17, 15) is 19.2 Å². The van der Waals surface area contributed by atoms with E-state index in [1.807, 2.05) is 49.4 Å². The maximum absolute atomic E-state index is 13.4. The van der Waals surface area contributed by atoms with E-state index in [1.165, 1.54) is 4.88 Å². The van der Waals surface area contributed by atoms with Crippen LogP contribution in [0.5, 0.6) is 0 Å². The minimum atomic E-state index is -0.614. The predicted molar refractivity (Wildman–Crippen MR) is 203 cm³/mol. The van der Waals surface area contributed by atoms with Gasteiger partial charge < -0.3 is 9.64 Å². The van der Waals surface area contributed by atoms with Crippen LogP contribution in [0.4, 0.5) is 0 Å². The second kappa shape index (κ2) is 15.8. The number of Topliss-reactive ketones (excluding diaryl/α,β-unsaturated/α-hetero) is 1. The molecule has 3 aliphatic rings. The fourth-order valence-corrected chi connectivity index (χ4v) is 8.82. The van der Waals surface area contributed by atoms with Crippen LogP contribution in [0.3, 0.4) is 0 Å². The van der Waals surface area contributed by atoms with E-state index in [-0.39, 0.29) is 30.4 Å². The summed E-state index contributed by atoms with van der Waals surface area (Å²) in [4.78, 5) is 58.5. The third-order valence-electron chi connectivity index (χ3n) is 10.4. The van der Waals surface area contributed by atoms with E-state index >= 15 is 0 Å². The molecule has 2 aromatic heterocycles. The Bertz CT molecular complexity index is 2100. The molecule has 3 amide bonds. The van der Waals surface area contributed by atoms with Crippen LogP contribution in [0, 0.1) is 20.8 Å². The Hall–Kier alpha value is -4.52. The van der Waals surface area contributed by atoms with Crippen LogP contribution in [0.1, 0.15) is 112 Å². The van der Waals surface area contributed by atoms with Gasteiger partial charge in [0, 0.05) is 65.6 Å². The summed E-state index contributed by atoms with van der Waals surface area (Å²) < 4.78 is 7.99. The number of aryl methyl sites for hydroxylation is 3. The first-order valence-electron chi connectivity index (χ1n) is 18.3. The number of aliphatic imine (C=N–C) groups is 1. The van der Waals surface area contributed by atoms with Crippen molar-refractivity contribution in [2.75, 3.05) is 13.2 Å². The molecule has 0 saturated carbocycles. The Morgan fingerprint density at radius 2 is 1.77 bits per heavy atom. The van der Waals surface area contributed by atoms with Crippen molar-refractivity contribution in [1.29, 1.82) is 0 Å². The summed E-state index contributed by atoms with van der Waals surface area (Å²) in [7, 11) is 0. The SMILES string of the molecule is Cc1sc2c(c1C)C(c1ccc(Cl)cc1)=N[C@@H](CC(=O)CCCCOCCCCc1cccc3c1CN(C1CCC(=O)NC1=O)C3=O)c1nnc(C)n1-2. The minimum absolute atomic E-state index is 0.129. The highest BCUT2D eigenvalue weighted by Gasteiger charge is 2.39. The first-order chi connectivity index (χ1) is 25.6. The number of carbonyl (C=O) groups excluding carboxylic acids is 4. The lowest BCUT2D eigenvalue weighted by Crippen LogP contribution is -2.52. The molecule has 7 rings (SSSR count). The summed E-state index contributed by atoms with van der Waals surface area (Å²) >= 11 is 7.92. The number of piperidine rings is 1. The van der Waals surface area contributed by atoms with Crippen molar-refractivity contribution in [2.45, 2.75) is 97.2 Å². The van der Waals surface area contributed by atoms with Crippen molar-refractivity contribution in [1.82, 2.24) is 25.0 Å². The van der Waals surface area contributed by atoms with Gasteiger partial charge in [-0.3, -0.25) is 34.1 Å². The molecule has 1 N–H and O–H groups in total. The first-order valence-corrected chi connectivity index (χ1v) is 19.5. The van der Waals surface area contributed by atoms with Crippen molar-refractivity contribution < 1.29 is 23.9 Å². The van der Waals surface area contributed by atoms with Gasteiger partial charge in [0.2, 0.25) is 11.8 Å². The summed E-state index contributed by atoms with van der Waals surface area (Å²) in [6.45, 7) is 7.74. The highest BCUT2D eigenvalue weighted by molar-refractivity contribution is 7.15. The number of halogens is 1. The molecule has 276 valence electrons.